The molecule has 16 heteroatoms. The Morgan fingerprint density at radius 1 is 0.330 bits per heavy atom. The van der Waals surface area contributed by atoms with Gasteiger partial charge in [-0.3, -0.25) is 19.6 Å². The molecule has 500 valence electrons. The molecule has 9 aromatic rings. The number of nitrogens with one attached hydrogen (secondary N) is 2. The van der Waals surface area contributed by atoms with Crippen LogP contribution < -0.4 is 42.5 Å². The predicted octanol–water partition coefficient (Wildman–Crippen LogP) is 21.8. The number of benzene rings is 9. The van der Waals surface area contributed by atoms with Crippen molar-refractivity contribution in [3.63, 3.8) is 0 Å². The standard InChI is InChI=1S/C74H88Cl4N2.2C2H5N3O2/c1-5-9-13-23-51-79(52-24-14-10-6-2,58-31-19-17-20-32-58)60-43-37-55(38-44-60)29-27-35-62-63-47-50-67(77)72-69(63)73(71-66(76)49-42-57-41-48-65(75)70(72)68(57)71)74(78)64(62)36-28-30-56-39-45-61(46-40-56)80(53-25-15-11-7-3,54-26-16-12-8-4)59-33-21-18-22-34-59;2*3-1(6)5-2(4)7/h17-22,31-34,37-50H,5-16,23-30,35-36,51-54H2,1-4H3;2*(H5,3,4,5,6,7)/q+2;;. The number of nitrogens with zero attached hydrogens (tertiary/aromatic N) is 2. The molecule has 94 heavy (non-hydrogen) atoms. The molecule has 0 atom stereocenters. The summed E-state index contributed by atoms with van der Waals surface area (Å²) in [7, 11) is 0. The molecular weight excluding hydrogens is 1250 g/mol. The Kier molecular flexibility index (Phi) is 29.4. The highest BCUT2D eigenvalue weighted by Crippen LogP contribution is 2.52. The Labute approximate surface area is 577 Å². The van der Waals surface area contributed by atoms with Gasteiger partial charge >= 0.3 is 24.1 Å². The quantitative estimate of drug-likeness (QED) is 0.0106. The summed E-state index contributed by atoms with van der Waals surface area (Å²) in [5, 5.41) is 14.2. The van der Waals surface area contributed by atoms with Crippen LogP contribution in [0.25, 0.3) is 43.1 Å². The highest BCUT2D eigenvalue weighted by atomic mass is 35.5. The van der Waals surface area contributed by atoms with Crippen LogP contribution in [0.1, 0.15) is 166 Å². The lowest BCUT2D eigenvalue weighted by molar-refractivity contribution is 0.235. The first-order chi connectivity index (χ1) is 45.4. The number of rotatable bonds is 32. The minimum atomic E-state index is -0.938. The van der Waals surface area contributed by atoms with Crippen molar-refractivity contribution in [3.8, 4) is 0 Å². The van der Waals surface area contributed by atoms with Crippen molar-refractivity contribution in [2.75, 3.05) is 26.2 Å². The summed E-state index contributed by atoms with van der Waals surface area (Å²) >= 11 is 29.9. The zero-order valence-electron chi connectivity index (χ0n) is 55.6. The lowest BCUT2D eigenvalue weighted by atomic mass is 9.84. The summed E-state index contributed by atoms with van der Waals surface area (Å²) in [6.45, 7) is 13.8. The van der Waals surface area contributed by atoms with E-state index in [0.717, 1.165) is 116 Å². The van der Waals surface area contributed by atoms with Gasteiger partial charge in [-0.05, 0) is 190 Å². The maximum atomic E-state index is 9.62. The van der Waals surface area contributed by atoms with E-state index in [0.29, 0.717) is 15.1 Å². The largest absolute Gasteiger partial charge is 0.351 e. The highest BCUT2D eigenvalue weighted by molar-refractivity contribution is 6.53. The van der Waals surface area contributed by atoms with E-state index in [4.69, 9.17) is 46.4 Å². The van der Waals surface area contributed by atoms with E-state index in [1.54, 1.807) is 10.6 Å². The summed E-state index contributed by atoms with van der Waals surface area (Å²) in [4.78, 5) is 38.5. The number of urea groups is 4. The molecule has 0 aliphatic heterocycles. The summed E-state index contributed by atoms with van der Waals surface area (Å²) in [5.41, 5.74) is 28.7. The summed E-state index contributed by atoms with van der Waals surface area (Å²) in [5.74, 6) is 0. The van der Waals surface area contributed by atoms with Crippen LogP contribution >= 0.6 is 46.4 Å². The third-order valence-corrected chi connectivity index (χ3v) is 19.7. The number of fused-ring (bicyclic) bond motifs is 2. The van der Waals surface area contributed by atoms with Gasteiger partial charge in [0, 0.05) is 47.4 Å². The molecule has 9 rings (SSSR count). The Hall–Kier alpha value is -7.16. The van der Waals surface area contributed by atoms with Gasteiger partial charge in [0.1, 0.15) is 22.7 Å². The molecule has 0 fully saturated rings. The molecule has 9 aromatic carbocycles. The maximum absolute atomic E-state index is 9.62. The van der Waals surface area contributed by atoms with Crippen LogP contribution in [0.4, 0.5) is 41.9 Å². The van der Waals surface area contributed by atoms with Gasteiger partial charge in [-0.2, -0.15) is 0 Å². The van der Waals surface area contributed by atoms with Gasteiger partial charge in [0.2, 0.25) is 0 Å². The second kappa shape index (κ2) is 37.2. The fourth-order valence-electron chi connectivity index (χ4n) is 13.8. The molecule has 0 radical (unpaired) electrons. The van der Waals surface area contributed by atoms with Crippen LogP contribution in [0.5, 0.6) is 0 Å². The number of amides is 8. The Morgan fingerprint density at radius 2 is 0.660 bits per heavy atom. The molecule has 10 N–H and O–H groups in total. The van der Waals surface area contributed by atoms with Crippen molar-refractivity contribution < 1.29 is 19.2 Å². The molecule has 12 nitrogen and oxygen atoms in total. The Morgan fingerprint density at radius 3 is 1.01 bits per heavy atom. The Bertz CT molecular complexity index is 3810. The van der Waals surface area contributed by atoms with Crippen LogP contribution in [-0.4, -0.2) is 50.3 Å². The van der Waals surface area contributed by atoms with Crippen molar-refractivity contribution in [2.45, 2.75) is 169 Å². The van der Waals surface area contributed by atoms with Gasteiger partial charge in [-0.1, -0.05) is 204 Å². The summed E-state index contributed by atoms with van der Waals surface area (Å²) < 4.78 is 1.83. The number of halogens is 4. The average molecular weight is 1350 g/mol. The molecule has 0 aromatic heterocycles. The first-order valence-electron chi connectivity index (χ1n) is 34.1. The van der Waals surface area contributed by atoms with E-state index in [9.17, 15) is 19.2 Å². The molecule has 0 unspecified atom stereocenters. The molecule has 0 bridgehead atoms. The number of quaternary nitrogens is 2. The van der Waals surface area contributed by atoms with E-state index in [2.05, 4.69) is 184 Å². The molecule has 0 heterocycles. The van der Waals surface area contributed by atoms with Crippen LogP contribution in [0, 0.1) is 0 Å². The molecule has 0 aliphatic rings. The molecule has 8 amide bonds. The van der Waals surface area contributed by atoms with Crippen LogP contribution in [0.3, 0.4) is 0 Å². The van der Waals surface area contributed by atoms with E-state index < -0.39 is 24.1 Å². The van der Waals surface area contributed by atoms with Gasteiger partial charge in [-0.15, -0.1) is 0 Å². The summed E-state index contributed by atoms with van der Waals surface area (Å²) in [6.07, 6.45) is 25.7. The molecule has 0 saturated heterocycles. The number of carbonyl (C=O) groups excluding carboxylic acids is 4. The Balaban J connectivity index is 0.000000803. The summed E-state index contributed by atoms with van der Waals surface area (Å²) in [6, 6.07) is 50.9. The number of imide groups is 2. The smallest absolute Gasteiger partial charge is 0.320 e. The third kappa shape index (κ3) is 19.3. The van der Waals surface area contributed by atoms with Gasteiger partial charge < -0.3 is 22.9 Å². The van der Waals surface area contributed by atoms with Crippen LogP contribution in [-0.2, 0) is 25.7 Å². The molecular formula is C78H98Cl4N8O4+2. The lowest BCUT2D eigenvalue weighted by Crippen LogP contribution is -2.46. The number of aryl methyl sites for hydroxylation is 3. The number of para-hydroxylation sites is 2. The second-order valence-corrected chi connectivity index (χ2v) is 26.5. The third-order valence-electron chi connectivity index (χ3n) is 18.4. The van der Waals surface area contributed by atoms with Gasteiger partial charge in [0.05, 0.1) is 31.2 Å². The van der Waals surface area contributed by atoms with Crippen LogP contribution in [0.15, 0.2) is 146 Å². The first-order valence-corrected chi connectivity index (χ1v) is 35.6. The minimum absolute atomic E-state index is 0.668. The van der Waals surface area contributed by atoms with Crippen molar-refractivity contribution in [1.29, 1.82) is 0 Å². The van der Waals surface area contributed by atoms with Crippen molar-refractivity contribution in [3.05, 3.63) is 188 Å². The zero-order chi connectivity index (χ0) is 67.6. The van der Waals surface area contributed by atoms with E-state index in [1.807, 2.05) is 12.1 Å². The molecule has 0 saturated carbocycles. The normalized spacial score (nSPS) is 11.6. The minimum Gasteiger partial charge on any atom is -0.351 e. The van der Waals surface area contributed by atoms with Crippen LogP contribution in [0.2, 0.25) is 20.1 Å². The maximum Gasteiger partial charge on any atom is 0.320 e. The van der Waals surface area contributed by atoms with E-state index in [1.165, 1.54) is 153 Å². The monoisotopic (exact) mass is 1350 g/mol. The highest BCUT2D eigenvalue weighted by Gasteiger charge is 2.35. The fourth-order valence-corrected chi connectivity index (χ4v) is 15.0. The fraction of sp³-hybridized carbons (Fsp3) is 0.385. The second-order valence-electron chi connectivity index (χ2n) is 24.9. The number of unbranched alkanes of at least 4 members (excludes halogenated alkanes) is 12. The number of hydrogen-bond donors (Lipinski definition) is 6. The van der Waals surface area contributed by atoms with Gasteiger partial charge in [-0.25, -0.2) is 19.2 Å². The van der Waals surface area contributed by atoms with Gasteiger partial charge in [0.25, 0.3) is 0 Å². The lowest BCUT2D eigenvalue weighted by Gasteiger charge is -2.38. The van der Waals surface area contributed by atoms with E-state index >= 15 is 0 Å². The van der Waals surface area contributed by atoms with Crippen molar-refractivity contribution in [1.82, 2.24) is 19.6 Å². The van der Waals surface area contributed by atoms with Crippen molar-refractivity contribution >= 4 is 136 Å². The topological polar surface area (TPSA) is 196 Å². The number of carbonyl (C=O) groups is 4. The number of primary amides is 4. The number of nitrogens with two attached hydrogens (primary N) is 4. The average Bonchev–Trinajstić information content (AvgIpc) is 0.697. The molecule has 0 spiro atoms. The number of hydrogen-bond acceptors (Lipinski definition) is 4. The first kappa shape index (κ1) is 74.2. The predicted molar refractivity (Wildman–Crippen MR) is 401 cm³/mol. The van der Waals surface area contributed by atoms with Crippen molar-refractivity contribution in [2.24, 2.45) is 22.9 Å². The van der Waals surface area contributed by atoms with Gasteiger partial charge in [0.15, 0.2) is 0 Å². The zero-order valence-corrected chi connectivity index (χ0v) is 58.6. The van der Waals surface area contributed by atoms with E-state index in [-0.39, 0.29) is 0 Å². The molecule has 0 aliphatic carbocycles. The SMILES string of the molecule is CCCCCC[N+](CCCCCC)(c1ccccc1)c1ccc(CCCc2c(CCCc3ccc([N+](CCCCCC)(CCCCCC)c4ccccc4)cc3)c3ccc(Cl)c4c5c(Cl)ccc6ccc(Cl)c(c(c2Cl)c34)c65)cc1.NC(=O)NC(N)=O.NC(=O)NC(N)=O.